The minimum Gasteiger partial charge on any atom is -0.393 e. The van der Waals surface area contributed by atoms with E-state index >= 15 is 4.79 Å². The molecule has 0 aromatic carbocycles. The van der Waals surface area contributed by atoms with Gasteiger partial charge < -0.3 is 109 Å². The van der Waals surface area contributed by atoms with E-state index in [1.54, 1.807) is 6.92 Å². The van der Waals surface area contributed by atoms with E-state index in [-0.39, 0.29) is 36.6 Å². The molecule has 410 valence electrons. The molecule has 6 saturated heterocycles. The number of ketones is 1. The predicted molar refractivity (Wildman–Crippen MR) is 238 cm³/mol. The zero-order valence-corrected chi connectivity index (χ0v) is 41.3. The van der Waals surface area contributed by atoms with Crippen molar-refractivity contribution in [1.82, 2.24) is 0 Å². The molecule has 32 unspecified atom stereocenters. The Morgan fingerprint density at radius 3 is 1.88 bits per heavy atom. The lowest BCUT2D eigenvalue weighted by Crippen LogP contribution is -2.65. The molecule has 3 saturated carbocycles. The van der Waals surface area contributed by atoms with E-state index in [9.17, 15) is 61.3 Å². The molecular formula is C49H76O23. The molecule has 0 bridgehead atoms. The van der Waals surface area contributed by atoms with E-state index in [0.717, 1.165) is 5.57 Å². The summed E-state index contributed by atoms with van der Waals surface area (Å²) < 4.78 is 62.1. The van der Waals surface area contributed by atoms with Crippen molar-refractivity contribution in [1.29, 1.82) is 0 Å². The average molecular weight is 1030 g/mol. The fourth-order valence-corrected chi connectivity index (χ4v) is 14.9. The summed E-state index contributed by atoms with van der Waals surface area (Å²) in [6, 6.07) is 0. The molecule has 12 N–H and O–H groups in total. The average Bonchev–Trinajstić information content (AvgIpc) is 3.77. The Balaban J connectivity index is 0.910. The van der Waals surface area contributed by atoms with Crippen LogP contribution in [0.5, 0.6) is 0 Å². The zero-order valence-electron chi connectivity index (χ0n) is 41.3. The number of fused-ring (bicyclic) bond motifs is 7. The van der Waals surface area contributed by atoms with Gasteiger partial charge in [0.25, 0.3) is 0 Å². The van der Waals surface area contributed by atoms with Gasteiger partial charge in [-0.15, -0.1) is 0 Å². The highest BCUT2D eigenvalue weighted by Crippen LogP contribution is 2.70. The lowest BCUT2D eigenvalue weighted by Gasteiger charge is -2.60. The molecule has 0 aromatic rings. The first-order valence-electron chi connectivity index (χ1n) is 25.8. The Hall–Kier alpha value is -1.47. The molecule has 6 aliphatic heterocycles. The molecule has 0 aromatic heterocycles. The topological polar surface area (TPSA) is 352 Å². The Morgan fingerprint density at radius 2 is 1.22 bits per heavy atom. The first kappa shape index (κ1) is 53.9. The van der Waals surface area contributed by atoms with Gasteiger partial charge in [-0.1, -0.05) is 39.3 Å². The second-order valence-corrected chi connectivity index (χ2v) is 23.2. The number of aliphatic hydroxyl groups excluding tert-OH is 12. The highest BCUT2D eigenvalue weighted by Gasteiger charge is 2.75. The number of hydrogen-bond acceptors (Lipinski definition) is 23. The molecule has 23 nitrogen and oxygen atoms in total. The minimum absolute atomic E-state index is 0.0811. The lowest BCUT2D eigenvalue weighted by molar-refractivity contribution is -0.382. The summed E-state index contributed by atoms with van der Waals surface area (Å²) in [5, 5.41) is 131. The summed E-state index contributed by atoms with van der Waals surface area (Å²) in [5.74, 6) is -4.04. The number of carbonyl (C=O) groups excluding carboxylic acids is 1. The van der Waals surface area contributed by atoms with Gasteiger partial charge in [0.1, 0.15) is 85.5 Å². The monoisotopic (exact) mass is 1030 g/mol. The summed E-state index contributed by atoms with van der Waals surface area (Å²) in [6.45, 7) is 10.1. The maximum absolute atomic E-state index is 15.2. The number of Topliss-reactive ketones (excluding diaryl/α,β-unsaturated/α-hetero) is 1. The maximum atomic E-state index is 15.2. The highest BCUT2D eigenvalue weighted by molar-refractivity contribution is 5.90. The number of hydrogen-bond donors (Lipinski definition) is 12. The molecule has 0 radical (unpaired) electrons. The minimum atomic E-state index is -1.81. The van der Waals surface area contributed by atoms with Gasteiger partial charge in [-0.05, 0) is 56.8 Å². The highest BCUT2D eigenvalue weighted by atomic mass is 16.8. The number of aliphatic hydroxyl groups is 12. The maximum Gasteiger partial charge on any atom is 0.200 e. The number of allylic oxidation sites excluding steroid dienone is 1. The number of carbonyl (C=O) groups is 1. The van der Waals surface area contributed by atoms with E-state index in [0.29, 0.717) is 25.7 Å². The molecule has 72 heavy (non-hydrogen) atoms. The fourth-order valence-electron chi connectivity index (χ4n) is 14.9. The number of rotatable bonds is 8. The molecule has 32 atom stereocenters. The van der Waals surface area contributed by atoms with Crippen molar-refractivity contribution in [3.05, 3.63) is 11.6 Å². The van der Waals surface area contributed by atoms with Crippen molar-refractivity contribution < 1.29 is 113 Å². The van der Waals surface area contributed by atoms with Crippen molar-refractivity contribution in [2.45, 2.75) is 221 Å². The predicted octanol–water partition coefficient (Wildman–Crippen LogP) is -3.56. The van der Waals surface area contributed by atoms with E-state index < -0.39 is 189 Å². The quantitative estimate of drug-likeness (QED) is 0.105. The lowest BCUT2D eigenvalue weighted by atomic mass is 9.46. The van der Waals surface area contributed by atoms with Crippen LogP contribution in [0.3, 0.4) is 0 Å². The summed E-state index contributed by atoms with van der Waals surface area (Å²) in [5.41, 5.74) is -0.530. The van der Waals surface area contributed by atoms with Gasteiger partial charge in [-0.25, -0.2) is 0 Å². The van der Waals surface area contributed by atoms with Gasteiger partial charge in [0.15, 0.2) is 30.9 Å². The Bertz CT molecular complexity index is 2000. The van der Waals surface area contributed by atoms with Crippen molar-refractivity contribution in [3.8, 4) is 0 Å². The smallest absolute Gasteiger partial charge is 0.200 e. The van der Waals surface area contributed by atoms with Crippen LogP contribution in [0.2, 0.25) is 0 Å². The summed E-state index contributed by atoms with van der Waals surface area (Å²) >= 11 is 0. The molecule has 9 fully saturated rings. The van der Waals surface area contributed by atoms with Gasteiger partial charge >= 0.3 is 0 Å². The van der Waals surface area contributed by atoms with Crippen LogP contribution in [0.4, 0.5) is 0 Å². The summed E-state index contributed by atoms with van der Waals surface area (Å²) in [7, 11) is 0. The van der Waals surface area contributed by atoms with Crippen LogP contribution in [0.25, 0.3) is 0 Å². The third kappa shape index (κ3) is 8.43. The van der Waals surface area contributed by atoms with Gasteiger partial charge in [-0.3, -0.25) is 4.79 Å². The first-order valence-corrected chi connectivity index (χ1v) is 25.8. The Labute approximate surface area is 416 Å². The van der Waals surface area contributed by atoms with Crippen molar-refractivity contribution in [3.63, 3.8) is 0 Å². The van der Waals surface area contributed by atoms with Gasteiger partial charge in [-0.2, -0.15) is 0 Å². The fraction of sp³-hybridized carbons (Fsp3) is 0.939. The van der Waals surface area contributed by atoms with E-state index in [1.807, 2.05) is 6.92 Å². The normalized spacial score (nSPS) is 58.8. The molecule has 10 rings (SSSR count). The summed E-state index contributed by atoms with van der Waals surface area (Å²) in [6.07, 6.45) is -27.7. The molecule has 23 heteroatoms. The second-order valence-electron chi connectivity index (χ2n) is 23.2. The van der Waals surface area contributed by atoms with Crippen LogP contribution >= 0.6 is 0 Å². The van der Waals surface area contributed by atoms with E-state index in [2.05, 4.69) is 19.9 Å². The molecule has 1 spiro atoms. The standard InChI is InChI=1S/C49H76O23/c1-16-13-65-49(42(62)38(16)69-44-36(60)33(57)29(53)18(3)66-44)17(2)27-40(72-49)32(56)28-22-8-7-20-11-21(50)12-26(48(20,6)23(22)9-10-47(27,28)5)68-46-41(71-45-37(61)34(58)30(54)19(4)67-45)39(25(52)15-64-46)70-43-35(59)31(55)24(51)14-63-43/h7,16-19,21-31,33-46,50-55,57-62H,8-15H2,1-6H3. The molecule has 0 amide bonds. The van der Waals surface area contributed by atoms with Crippen LogP contribution in [0.15, 0.2) is 11.6 Å². The largest absolute Gasteiger partial charge is 0.393 e. The van der Waals surface area contributed by atoms with Gasteiger partial charge in [0.05, 0.1) is 50.3 Å². The molecule has 10 aliphatic rings. The van der Waals surface area contributed by atoms with Gasteiger partial charge in [0.2, 0.25) is 5.79 Å². The van der Waals surface area contributed by atoms with Crippen LogP contribution in [-0.4, -0.2) is 234 Å². The molecular weight excluding hydrogens is 957 g/mol. The first-order chi connectivity index (χ1) is 33.9. The Morgan fingerprint density at radius 1 is 0.639 bits per heavy atom. The Kier molecular flexibility index (Phi) is 14.8. The SMILES string of the molecule is CC1COC2(OC3C(=O)C4C5CC=C6CC(O)CC(OC7OCC(O)C(OC8OCC(O)C(O)C8O)C7OC7OC(C)C(O)C(O)C7O)C6(C)C5CCC4(C)C3C2C)C(O)C1OC1OC(C)C(O)C(O)C1O. The van der Waals surface area contributed by atoms with Crippen LogP contribution in [-0.2, 0) is 52.2 Å². The number of ether oxygens (including phenoxy) is 10. The zero-order chi connectivity index (χ0) is 51.8. The van der Waals surface area contributed by atoms with Crippen molar-refractivity contribution >= 4 is 5.78 Å². The van der Waals surface area contributed by atoms with Crippen molar-refractivity contribution in [2.24, 2.45) is 46.3 Å². The van der Waals surface area contributed by atoms with Crippen LogP contribution in [0, 0.1) is 46.3 Å². The van der Waals surface area contributed by atoms with Gasteiger partial charge in [0, 0.05) is 35.5 Å². The van der Waals surface area contributed by atoms with Crippen molar-refractivity contribution in [2.75, 3.05) is 19.8 Å². The third-order valence-corrected chi connectivity index (χ3v) is 19.0. The van der Waals surface area contributed by atoms with E-state index in [1.165, 1.54) is 13.8 Å². The second kappa shape index (κ2) is 19.8. The molecule has 4 aliphatic carbocycles. The van der Waals surface area contributed by atoms with Crippen LogP contribution in [0.1, 0.15) is 73.6 Å². The van der Waals surface area contributed by atoms with E-state index in [4.69, 9.17) is 47.4 Å². The summed E-state index contributed by atoms with van der Waals surface area (Å²) in [4.78, 5) is 15.2. The molecule has 6 heterocycles. The van der Waals surface area contributed by atoms with Crippen LogP contribution < -0.4 is 0 Å². The third-order valence-electron chi connectivity index (χ3n) is 19.0.